The second kappa shape index (κ2) is 6.27. The topological polar surface area (TPSA) is 41.9 Å². The van der Waals surface area contributed by atoms with Crippen LogP contribution in [-0.2, 0) is 4.84 Å². The maximum Gasteiger partial charge on any atom is 0.263 e. The van der Waals surface area contributed by atoms with E-state index in [1.54, 1.807) is 30.1 Å². The molecule has 1 aromatic heterocycles. The summed E-state index contributed by atoms with van der Waals surface area (Å²) in [4.78, 5) is 19.9. The summed E-state index contributed by atoms with van der Waals surface area (Å²) < 4.78 is 12.9. The maximum absolute atomic E-state index is 12.9. The number of thiophene rings is 1. The summed E-state index contributed by atoms with van der Waals surface area (Å²) in [5, 5.41) is 5.93. The standard InChI is InChI=1S/C16H15FN2O2S/c1-19(16(20)15-3-2-8-22-15)10-13-9-14(18-21-13)11-4-6-12(17)7-5-11/h2-8,13H,9-10H2,1H3. The molecule has 1 aliphatic heterocycles. The van der Waals surface area contributed by atoms with Crippen molar-refractivity contribution in [2.75, 3.05) is 13.6 Å². The highest BCUT2D eigenvalue weighted by Gasteiger charge is 2.25. The first kappa shape index (κ1) is 14.7. The molecular weight excluding hydrogens is 303 g/mol. The SMILES string of the molecule is CN(CC1CC(c2ccc(F)cc2)=NO1)C(=O)c1cccs1. The van der Waals surface area contributed by atoms with Gasteiger partial charge in [0.05, 0.1) is 17.1 Å². The number of oxime groups is 1. The number of halogens is 1. The number of benzene rings is 1. The van der Waals surface area contributed by atoms with Gasteiger partial charge in [-0.15, -0.1) is 11.3 Å². The molecule has 0 saturated carbocycles. The van der Waals surface area contributed by atoms with E-state index < -0.39 is 0 Å². The quantitative estimate of drug-likeness (QED) is 0.869. The van der Waals surface area contributed by atoms with E-state index in [2.05, 4.69) is 5.16 Å². The fraction of sp³-hybridized carbons (Fsp3) is 0.250. The zero-order chi connectivity index (χ0) is 15.5. The summed E-state index contributed by atoms with van der Waals surface area (Å²) in [7, 11) is 1.75. The van der Waals surface area contributed by atoms with Crippen LogP contribution in [0.2, 0.25) is 0 Å². The van der Waals surface area contributed by atoms with E-state index >= 15 is 0 Å². The first-order valence-electron chi connectivity index (χ1n) is 6.91. The summed E-state index contributed by atoms with van der Waals surface area (Å²) in [6.45, 7) is 0.463. The number of nitrogens with zero attached hydrogens (tertiary/aromatic N) is 2. The van der Waals surface area contributed by atoms with Crippen LogP contribution < -0.4 is 0 Å². The van der Waals surface area contributed by atoms with Crippen LogP contribution >= 0.6 is 11.3 Å². The lowest BCUT2D eigenvalue weighted by Gasteiger charge is -2.19. The summed E-state index contributed by atoms with van der Waals surface area (Å²) in [5.74, 6) is -0.296. The van der Waals surface area contributed by atoms with E-state index in [0.717, 1.165) is 11.3 Å². The van der Waals surface area contributed by atoms with Crippen LogP contribution in [0.1, 0.15) is 21.7 Å². The van der Waals surface area contributed by atoms with Crippen LogP contribution in [0.25, 0.3) is 0 Å². The minimum atomic E-state index is -0.277. The summed E-state index contributed by atoms with van der Waals surface area (Å²) in [5.41, 5.74) is 1.62. The molecule has 3 rings (SSSR count). The average Bonchev–Trinajstić information content (AvgIpc) is 3.18. The Labute approximate surface area is 131 Å². The van der Waals surface area contributed by atoms with Gasteiger partial charge < -0.3 is 9.74 Å². The van der Waals surface area contributed by atoms with Gasteiger partial charge >= 0.3 is 0 Å². The van der Waals surface area contributed by atoms with Crippen molar-refractivity contribution in [2.45, 2.75) is 12.5 Å². The number of carbonyl (C=O) groups excluding carboxylic acids is 1. The third-order valence-corrected chi connectivity index (χ3v) is 4.32. The third kappa shape index (κ3) is 3.17. The van der Waals surface area contributed by atoms with Crippen molar-refractivity contribution in [3.8, 4) is 0 Å². The highest BCUT2D eigenvalue weighted by molar-refractivity contribution is 7.12. The van der Waals surface area contributed by atoms with Crippen LogP contribution in [0.15, 0.2) is 46.9 Å². The molecule has 6 heteroatoms. The van der Waals surface area contributed by atoms with Gasteiger partial charge in [-0.05, 0) is 29.1 Å². The monoisotopic (exact) mass is 318 g/mol. The molecule has 0 saturated heterocycles. The van der Waals surface area contributed by atoms with E-state index in [9.17, 15) is 9.18 Å². The molecule has 1 atom stereocenters. The molecule has 1 amide bonds. The van der Waals surface area contributed by atoms with E-state index in [1.807, 2.05) is 11.4 Å². The van der Waals surface area contributed by atoms with Crippen molar-refractivity contribution < 1.29 is 14.0 Å². The van der Waals surface area contributed by atoms with E-state index in [-0.39, 0.29) is 17.8 Å². The minimum absolute atomic E-state index is 0.0196. The molecule has 1 unspecified atom stereocenters. The van der Waals surface area contributed by atoms with Crippen LogP contribution in [0.5, 0.6) is 0 Å². The predicted octanol–water partition coefficient (Wildman–Crippen LogP) is 3.15. The van der Waals surface area contributed by atoms with Crippen molar-refractivity contribution in [2.24, 2.45) is 5.16 Å². The fourth-order valence-corrected chi connectivity index (χ4v) is 3.03. The van der Waals surface area contributed by atoms with Crippen molar-refractivity contribution in [1.82, 2.24) is 4.90 Å². The summed E-state index contributed by atoms with van der Waals surface area (Å²) in [6, 6.07) is 9.82. The summed E-state index contributed by atoms with van der Waals surface area (Å²) in [6.07, 6.45) is 0.433. The Morgan fingerprint density at radius 3 is 2.86 bits per heavy atom. The molecule has 4 nitrogen and oxygen atoms in total. The molecule has 0 bridgehead atoms. The Bertz CT molecular complexity index is 683. The maximum atomic E-state index is 12.9. The molecule has 114 valence electrons. The Morgan fingerprint density at radius 2 is 2.18 bits per heavy atom. The van der Waals surface area contributed by atoms with E-state index in [4.69, 9.17) is 4.84 Å². The second-order valence-corrected chi connectivity index (χ2v) is 6.09. The lowest BCUT2D eigenvalue weighted by atomic mass is 10.0. The van der Waals surface area contributed by atoms with Gasteiger partial charge in [0, 0.05) is 13.5 Å². The molecule has 0 spiro atoms. The van der Waals surface area contributed by atoms with Crippen LogP contribution in [0.4, 0.5) is 4.39 Å². The number of carbonyl (C=O) groups is 1. The lowest BCUT2D eigenvalue weighted by molar-refractivity contribution is 0.0485. The number of rotatable bonds is 4. The van der Waals surface area contributed by atoms with Gasteiger partial charge in [-0.1, -0.05) is 23.4 Å². The Balaban J connectivity index is 1.58. The molecule has 1 aliphatic rings. The van der Waals surface area contributed by atoms with Crippen LogP contribution in [-0.4, -0.2) is 36.2 Å². The number of likely N-dealkylation sites (N-methyl/N-ethyl adjacent to an activating group) is 1. The molecule has 2 heterocycles. The summed E-state index contributed by atoms with van der Waals surface area (Å²) >= 11 is 1.42. The van der Waals surface area contributed by atoms with Crippen LogP contribution in [0.3, 0.4) is 0 Å². The highest BCUT2D eigenvalue weighted by Crippen LogP contribution is 2.19. The van der Waals surface area contributed by atoms with Crippen molar-refractivity contribution in [1.29, 1.82) is 0 Å². The smallest absolute Gasteiger partial charge is 0.263 e. The predicted molar refractivity (Wildman–Crippen MR) is 83.7 cm³/mol. The molecule has 0 fully saturated rings. The Morgan fingerprint density at radius 1 is 1.41 bits per heavy atom. The zero-order valence-electron chi connectivity index (χ0n) is 12.0. The van der Waals surface area contributed by atoms with Gasteiger partial charge in [0.25, 0.3) is 5.91 Å². The fourth-order valence-electron chi connectivity index (χ4n) is 2.32. The molecule has 22 heavy (non-hydrogen) atoms. The molecule has 0 N–H and O–H groups in total. The minimum Gasteiger partial charge on any atom is -0.390 e. The van der Waals surface area contributed by atoms with E-state index in [0.29, 0.717) is 17.8 Å². The number of hydrogen-bond donors (Lipinski definition) is 0. The van der Waals surface area contributed by atoms with Gasteiger partial charge in [0.1, 0.15) is 5.82 Å². The van der Waals surface area contributed by atoms with Gasteiger partial charge in [-0.3, -0.25) is 4.79 Å². The van der Waals surface area contributed by atoms with Gasteiger partial charge in [0.2, 0.25) is 0 Å². The number of amides is 1. The van der Waals surface area contributed by atoms with Gasteiger partial charge in [-0.25, -0.2) is 4.39 Å². The van der Waals surface area contributed by atoms with Crippen molar-refractivity contribution in [3.63, 3.8) is 0 Å². The van der Waals surface area contributed by atoms with Crippen LogP contribution in [0, 0.1) is 5.82 Å². The number of hydrogen-bond acceptors (Lipinski definition) is 4. The Hall–Kier alpha value is -2.21. The van der Waals surface area contributed by atoms with Gasteiger partial charge in [0.15, 0.2) is 6.10 Å². The zero-order valence-corrected chi connectivity index (χ0v) is 12.8. The largest absolute Gasteiger partial charge is 0.390 e. The second-order valence-electron chi connectivity index (χ2n) is 5.14. The normalized spacial score (nSPS) is 17.0. The first-order valence-corrected chi connectivity index (χ1v) is 7.79. The van der Waals surface area contributed by atoms with E-state index in [1.165, 1.54) is 23.5 Å². The average molecular weight is 318 g/mol. The molecule has 1 aromatic carbocycles. The first-order chi connectivity index (χ1) is 10.6. The molecular formula is C16H15FN2O2S. The Kier molecular flexibility index (Phi) is 4.20. The molecule has 2 aromatic rings. The van der Waals surface area contributed by atoms with Crippen molar-refractivity contribution in [3.05, 3.63) is 58.0 Å². The molecule has 0 radical (unpaired) electrons. The van der Waals surface area contributed by atoms with Gasteiger partial charge in [-0.2, -0.15) is 0 Å². The lowest BCUT2D eigenvalue weighted by Crippen LogP contribution is -2.34. The highest BCUT2D eigenvalue weighted by atomic mass is 32.1. The molecule has 0 aliphatic carbocycles. The van der Waals surface area contributed by atoms with Crippen molar-refractivity contribution >= 4 is 23.0 Å². The third-order valence-electron chi connectivity index (χ3n) is 3.47.